The number of carbonyl (C=O) groups is 2. The minimum absolute atomic E-state index is 0.0284. The van der Waals surface area contributed by atoms with Crippen LogP contribution in [0.1, 0.15) is 36.9 Å². The summed E-state index contributed by atoms with van der Waals surface area (Å²) in [4.78, 5) is 27.9. The molecule has 3 rings (SSSR count). The van der Waals surface area contributed by atoms with Crippen molar-refractivity contribution in [2.75, 3.05) is 48.2 Å². The van der Waals surface area contributed by atoms with Gasteiger partial charge in [-0.15, -0.1) is 0 Å². The molecule has 0 spiro atoms. The Morgan fingerprint density at radius 1 is 0.972 bits per heavy atom. The van der Waals surface area contributed by atoms with Gasteiger partial charge in [0.2, 0.25) is 5.75 Å². The monoisotopic (exact) mass is 499 g/mol. The Hall–Kier alpha value is -3.72. The SMILES string of the molecule is CCCOc1cccc(C(O)=C2C(=O)C(=O)N(CCCOC)C2c2cc(OC)c(OC)c(OC)c2)c1. The zero-order valence-corrected chi connectivity index (χ0v) is 21.3. The van der Waals surface area contributed by atoms with Gasteiger partial charge in [-0.25, -0.2) is 0 Å². The predicted molar refractivity (Wildman–Crippen MR) is 134 cm³/mol. The summed E-state index contributed by atoms with van der Waals surface area (Å²) in [7, 11) is 6.03. The number of nitrogens with zero attached hydrogens (tertiary/aromatic N) is 1. The standard InChI is InChI=1S/C27H33NO8/c1-6-12-36-19-10-7-9-17(14-19)24(29)22-23(28(11-8-13-32-2)27(31)25(22)30)18-15-20(33-3)26(35-5)21(16-18)34-4/h7,9-10,14-16,23,29H,6,8,11-13H2,1-5H3. The van der Waals surface area contributed by atoms with Gasteiger partial charge in [0.05, 0.1) is 39.6 Å². The number of benzene rings is 2. The van der Waals surface area contributed by atoms with Gasteiger partial charge in [0.15, 0.2) is 11.5 Å². The number of rotatable bonds is 12. The van der Waals surface area contributed by atoms with Gasteiger partial charge in [0, 0.05) is 25.8 Å². The average Bonchev–Trinajstić information content (AvgIpc) is 3.15. The Balaban J connectivity index is 2.20. The first-order chi connectivity index (χ1) is 17.4. The molecule has 1 fully saturated rings. The molecule has 2 aromatic carbocycles. The molecular formula is C27H33NO8. The van der Waals surface area contributed by atoms with Crippen molar-refractivity contribution in [3.05, 3.63) is 53.1 Å². The fourth-order valence-corrected chi connectivity index (χ4v) is 4.20. The van der Waals surface area contributed by atoms with E-state index in [2.05, 4.69) is 0 Å². The molecular weight excluding hydrogens is 466 g/mol. The summed E-state index contributed by atoms with van der Waals surface area (Å²) in [5.41, 5.74) is 0.872. The van der Waals surface area contributed by atoms with E-state index in [4.69, 9.17) is 23.7 Å². The number of aliphatic hydroxyl groups excluding tert-OH is 1. The first-order valence-electron chi connectivity index (χ1n) is 11.7. The first kappa shape index (κ1) is 26.9. The van der Waals surface area contributed by atoms with Gasteiger partial charge in [-0.3, -0.25) is 9.59 Å². The normalized spacial score (nSPS) is 16.8. The van der Waals surface area contributed by atoms with Crippen LogP contribution in [0.25, 0.3) is 5.76 Å². The number of amides is 1. The highest BCUT2D eigenvalue weighted by molar-refractivity contribution is 6.46. The Labute approximate surface area is 211 Å². The highest BCUT2D eigenvalue weighted by atomic mass is 16.5. The maximum atomic E-state index is 13.3. The lowest BCUT2D eigenvalue weighted by Gasteiger charge is -2.26. The minimum atomic E-state index is -0.879. The molecule has 1 saturated heterocycles. The van der Waals surface area contributed by atoms with Gasteiger partial charge in [-0.1, -0.05) is 19.1 Å². The van der Waals surface area contributed by atoms with Crippen LogP contribution in [0.3, 0.4) is 0 Å². The molecule has 1 unspecified atom stereocenters. The van der Waals surface area contributed by atoms with E-state index in [0.29, 0.717) is 53.8 Å². The third kappa shape index (κ3) is 5.41. The van der Waals surface area contributed by atoms with Gasteiger partial charge in [0.25, 0.3) is 11.7 Å². The van der Waals surface area contributed by atoms with Crippen LogP contribution in [0.2, 0.25) is 0 Å². The number of hydrogen-bond acceptors (Lipinski definition) is 8. The van der Waals surface area contributed by atoms with Gasteiger partial charge < -0.3 is 33.7 Å². The molecule has 0 saturated carbocycles. The van der Waals surface area contributed by atoms with Gasteiger partial charge in [-0.05, 0) is 42.7 Å². The molecule has 0 aliphatic carbocycles. The van der Waals surface area contributed by atoms with E-state index in [1.54, 1.807) is 43.5 Å². The van der Waals surface area contributed by atoms with E-state index < -0.39 is 17.7 Å². The van der Waals surface area contributed by atoms with E-state index >= 15 is 0 Å². The average molecular weight is 500 g/mol. The molecule has 9 heteroatoms. The number of ether oxygens (including phenoxy) is 5. The van der Waals surface area contributed by atoms with Crippen LogP contribution in [0.15, 0.2) is 42.0 Å². The minimum Gasteiger partial charge on any atom is -0.507 e. The van der Waals surface area contributed by atoms with Crippen LogP contribution in [-0.2, 0) is 14.3 Å². The van der Waals surface area contributed by atoms with Gasteiger partial charge >= 0.3 is 0 Å². The van der Waals surface area contributed by atoms with E-state index in [0.717, 1.165) is 6.42 Å². The molecule has 9 nitrogen and oxygen atoms in total. The van der Waals surface area contributed by atoms with E-state index in [-0.39, 0.29) is 17.9 Å². The molecule has 36 heavy (non-hydrogen) atoms. The smallest absolute Gasteiger partial charge is 0.295 e. The van der Waals surface area contributed by atoms with Crippen molar-refractivity contribution < 1.29 is 38.4 Å². The lowest BCUT2D eigenvalue weighted by atomic mass is 9.94. The molecule has 1 aliphatic rings. The summed E-state index contributed by atoms with van der Waals surface area (Å²) in [5.74, 6) is -0.106. The highest BCUT2D eigenvalue weighted by Crippen LogP contribution is 2.45. The van der Waals surface area contributed by atoms with Crippen molar-refractivity contribution in [1.29, 1.82) is 0 Å². The van der Waals surface area contributed by atoms with Crippen LogP contribution >= 0.6 is 0 Å². The predicted octanol–water partition coefficient (Wildman–Crippen LogP) is 3.96. The second kappa shape index (κ2) is 12.3. The molecule has 194 valence electrons. The first-order valence-corrected chi connectivity index (χ1v) is 11.7. The summed E-state index contributed by atoms with van der Waals surface area (Å²) in [6.45, 7) is 3.16. The molecule has 1 atom stereocenters. The van der Waals surface area contributed by atoms with E-state index in [1.165, 1.54) is 26.2 Å². The van der Waals surface area contributed by atoms with Crippen molar-refractivity contribution in [2.45, 2.75) is 25.8 Å². The summed E-state index contributed by atoms with van der Waals surface area (Å²) >= 11 is 0. The number of likely N-dealkylation sites (tertiary alicyclic amines) is 1. The van der Waals surface area contributed by atoms with Crippen molar-refractivity contribution in [3.63, 3.8) is 0 Å². The lowest BCUT2D eigenvalue weighted by molar-refractivity contribution is -0.140. The molecule has 0 aromatic heterocycles. The molecule has 1 N–H and O–H groups in total. The zero-order valence-electron chi connectivity index (χ0n) is 21.3. The number of hydrogen-bond donors (Lipinski definition) is 1. The Bertz CT molecular complexity index is 1100. The second-order valence-corrected chi connectivity index (χ2v) is 8.17. The Kier molecular flexibility index (Phi) is 9.19. The molecule has 0 bridgehead atoms. The quantitative estimate of drug-likeness (QED) is 0.203. The topological polar surface area (TPSA) is 104 Å². The van der Waals surface area contributed by atoms with Crippen LogP contribution in [0.4, 0.5) is 0 Å². The fraction of sp³-hybridized carbons (Fsp3) is 0.407. The zero-order chi connectivity index (χ0) is 26.2. The summed E-state index contributed by atoms with van der Waals surface area (Å²) in [6, 6.07) is 9.28. The number of carbonyl (C=O) groups excluding carboxylic acids is 2. The van der Waals surface area contributed by atoms with Gasteiger partial charge in [-0.2, -0.15) is 0 Å². The second-order valence-electron chi connectivity index (χ2n) is 8.17. The maximum Gasteiger partial charge on any atom is 0.295 e. The molecule has 0 radical (unpaired) electrons. The number of aliphatic hydroxyl groups is 1. The third-order valence-corrected chi connectivity index (χ3v) is 5.87. The van der Waals surface area contributed by atoms with Crippen molar-refractivity contribution in [2.24, 2.45) is 0 Å². The van der Waals surface area contributed by atoms with E-state index in [1.807, 2.05) is 6.92 Å². The molecule has 2 aromatic rings. The van der Waals surface area contributed by atoms with Crippen LogP contribution in [0, 0.1) is 0 Å². The van der Waals surface area contributed by atoms with Crippen LogP contribution < -0.4 is 18.9 Å². The number of ketones is 1. The molecule has 1 amide bonds. The largest absolute Gasteiger partial charge is 0.507 e. The van der Waals surface area contributed by atoms with Gasteiger partial charge in [0.1, 0.15) is 11.5 Å². The summed E-state index contributed by atoms with van der Waals surface area (Å²) < 4.78 is 27.2. The molecule has 1 aliphatic heterocycles. The number of methoxy groups -OCH3 is 4. The third-order valence-electron chi connectivity index (χ3n) is 5.87. The molecule has 1 heterocycles. The van der Waals surface area contributed by atoms with Crippen molar-refractivity contribution in [3.8, 4) is 23.0 Å². The number of Topliss-reactive ketones (excluding diaryl/α,β-unsaturated/α-hetero) is 1. The Morgan fingerprint density at radius 2 is 1.67 bits per heavy atom. The fourth-order valence-electron chi connectivity index (χ4n) is 4.20. The Morgan fingerprint density at radius 3 is 2.25 bits per heavy atom. The summed E-state index contributed by atoms with van der Waals surface area (Å²) in [5, 5.41) is 11.3. The van der Waals surface area contributed by atoms with Crippen molar-refractivity contribution in [1.82, 2.24) is 4.90 Å². The highest BCUT2D eigenvalue weighted by Gasteiger charge is 2.46. The van der Waals surface area contributed by atoms with Crippen LogP contribution in [0.5, 0.6) is 23.0 Å². The maximum absolute atomic E-state index is 13.3. The lowest BCUT2D eigenvalue weighted by Crippen LogP contribution is -2.31. The van der Waals surface area contributed by atoms with E-state index in [9.17, 15) is 14.7 Å². The van der Waals surface area contributed by atoms with Crippen LogP contribution in [-0.4, -0.2) is 69.9 Å². The summed E-state index contributed by atoms with van der Waals surface area (Å²) in [6.07, 6.45) is 1.33. The van der Waals surface area contributed by atoms with Crippen molar-refractivity contribution >= 4 is 17.4 Å².